The van der Waals surface area contributed by atoms with E-state index in [1.165, 1.54) is 4.90 Å². The highest BCUT2D eigenvalue weighted by Gasteiger charge is 2.39. The summed E-state index contributed by atoms with van der Waals surface area (Å²) >= 11 is 5.80. The number of halogens is 1. The Morgan fingerprint density at radius 2 is 2.00 bits per heavy atom. The normalized spacial score (nSPS) is 23.2. The van der Waals surface area contributed by atoms with Gasteiger partial charge in [0.2, 0.25) is 11.8 Å². The van der Waals surface area contributed by atoms with Crippen LogP contribution in [0.1, 0.15) is 18.5 Å². The number of benzene rings is 1. The number of amides is 2. The van der Waals surface area contributed by atoms with E-state index >= 15 is 0 Å². The Morgan fingerprint density at radius 1 is 1.37 bits per heavy atom. The number of carbonyl (C=O) groups is 2. The second-order valence-electron chi connectivity index (χ2n) is 4.53. The fraction of sp³-hybridized carbons (Fsp3) is 0.286. The fourth-order valence-electron chi connectivity index (χ4n) is 2.19. The van der Waals surface area contributed by atoms with Gasteiger partial charge in [0, 0.05) is 5.03 Å². The molecule has 0 spiro atoms. The Labute approximate surface area is 117 Å². The van der Waals surface area contributed by atoms with Crippen molar-refractivity contribution in [2.45, 2.75) is 19.0 Å². The molecular weight excluding hydrogens is 264 g/mol. The van der Waals surface area contributed by atoms with Crippen molar-refractivity contribution in [1.29, 1.82) is 0 Å². The van der Waals surface area contributed by atoms with E-state index in [2.05, 4.69) is 11.9 Å². The Morgan fingerprint density at radius 3 is 2.58 bits per heavy atom. The van der Waals surface area contributed by atoms with Gasteiger partial charge in [0.1, 0.15) is 12.1 Å². The van der Waals surface area contributed by atoms with Crippen LogP contribution in [0, 0.1) is 0 Å². The molecule has 1 saturated heterocycles. The van der Waals surface area contributed by atoms with Gasteiger partial charge in [-0.05, 0) is 12.5 Å². The molecule has 0 aromatic heterocycles. The van der Waals surface area contributed by atoms with Crippen LogP contribution in [-0.2, 0) is 9.59 Å². The van der Waals surface area contributed by atoms with Crippen LogP contribution in [0.15, 0.2) is 41.9 Å². The van der Waals surface area contributed by atoms with Crippen LogP contribution >= 0.6 is 11.6 Å². The first-order valence-electron chi connectivity index (χ1n) is 6.00. The van der Waals surface area contributed by atoms with Crippen LogP contribution in [0.2, 0.25) is 0 Å². The van der Waals surface area contributed by atoms with Crippen molar-refractivity contribution in [3.8, 4) is 0 Å². The minimum absolute atomic E-state index is 0.157. The molecule has 100 valence electrons. The van der Waals surface area contributed by atoms with Crippen molar-refractivity contribution in [3.63, 3.8) is 0 Å². The van der Waals surface area contributed by atoms with Gasteiger partial charge in [0.05, 0.1) is 6.54 Å². The largest absolute Gasteiger partial charge is 0.342 e. The minimum atomic E-state index is -0.652. The predicted molar refractivity (Wildman–Crippen MR) is 73.5 cm³/mol. The van der Waals surface area contributed by atoms with Crippen LogP contribution in [-0.4, -0.2) is 29.3 Å². The average Bonchev–Trinajstić information content (AvgIpc) is 2.36. The zero-order valence-electron chi connectivity index (χ0n) is 10.6. The highest BCUT2D eigenvalue weighted by Crippen LogP contribution is 2.26. The lowest BCUT2D eigenvalue weighted by Gasteiger charge is -2.38. The zero-order chi connectivity index (χ0) is 14.0. The molecule has 2 atom stereocenters. The van der Waals surface area contributed by atoms with Crippen molar-refractivity contribution in [3.05, 3.63) is 47.5 Å². The number of hydrogen-bond acceptors (Lipinski definition) is 2. The molecule has 1 N–H and O–H groups in total. The van der Waals surface area contributed by atoms with Crippen LogP contribution in [0.5, 0.6) is 0 Å². The van der Waals surface area contributed by atoms with Crippen molar-refractivity contribution >= 4 is 23.4 Å². The summed E-state index contributed by atoms with van der Waals surface area (Å²) in [5.74, 6) is -0.355. The second kappa shape index (κ2) is 5.45. The van der Waals surface area contributed by atoms with Crippen LogP contribution in [0.25, 0.3) is 0 Å². The summed E-state index contributed by atoms with van der Waals surface area (Å²) in [6.07, 6.45) is 0. The van der Waals surface area contributed by atoms with Crippen molar-refractivity contribution in [2.24, 2.45) is 0 Å². The van der Waals surface area contributed by atoms with Crippen molar-refractivity contribution in [2.75, 3.05) is 6.54 Å². The van der Waals surface area contributed by atoms with Crippen molar-refractivity contribution in [1.82, 2.24) is 10.2 Å². The van der Waals surface area contributed by atoms with Gasteiger partial charge in [0.15, 0.2) is 0 Å². The summed E-state index contributed by atoms with van der Waals surface area (Å²) in [6.45, 7) is 5.42. The van der Waals surface area contributed by atoms with E-state index in [0.717, 1.165) is 5.56 Å². The average molecular weight is 279 g/mol. The maximum absolute atomic E-state index is 12.2. The van der Waals surface area contributed by atoms with Crippen LogP contribution in [0.3, 0.4) is 0 Å². The summed E-state index contributed by atoms with van der Waals surface area (Å²) in [5.41, 5.74) is 0.762. The quantitative estimate of drug-likeness (QED) is 0.917. The molecule has 1 heterocycles. The minimum Gasteiger partial charge on any atom is -0.342 e. The van der Waals surface area contributed by atoms with Gasteiger partial charge in [0.25, 0.3) is 0 Å². The summed E-state index contributed by atoms with van der Waals surface area (Å²) in [6, 6.07) is 7.97. The first-order valence-corrected chi connectivity index (χ1v) is 6.37. The van der Waals surface area contributed by atoms with Gasteiger partial charge in [-0.25, -0.2) is 0 Å². The van der Waals surface area contributed by atoms with Gasteiger partial charge in [-0.15, -0.1) is 0 Å². The molecular formula is C14H15ClN2O2. The van der Waals surface area contributed by atoms with Gasteiger partial charge < -0.3 is 10.2 Å². The highest BCUT2D eigenvalue weighted by atomic mass is 35.5. The molecule has 1 aromatic rings. The van der Waals surface area contributed by atoms with Gasteiger partial charge in [-0.3, -0.25) is 9.59 Å². The molecule has 0 saturated carbocycles. The molecule has 1 aliphatic rings. The lowest BCUT2D eigenvalue weighted by atomic mass is 10.00. The zero-order valence-corrected chi connectivity index (χ0v) is 11.4. The molecule has 5 heteroatoms. The topological polar surface area (TPSA) is 49.4 Å². The van der Waals surface area contributed by atoms with E-state index in [1.54, 1.807) is 6.92 Å². The molecule has 1 aliphatic heterocycles. The SMILES string of the molecule is C=C(Cl)CN1C(=O)C(C)NC(=O)C1c1ccccc1. The number of nitrogens with one attached hydrogen (secondary N) is 1. The third-order valence-corrected chi connectivity index (χ3v) is 3.15. The molecule has 2 amide bonds. The van der Waals surface area contributed by atoms with Crippen LogP contribution < -0.4 is 5.32 Å². The highest BCUT2D eigenvalue weighted by molar-refractivity contribution is 6.29. The summed E-state index contributed by atoms with van der Waals surface area (Å²) in [7, 11) is 0. The first kappa shape index (κ1) is 13.6. The standard InChI is InChI=1S/C14H15ClN2O2/c1-9(15)8-17-12(11-6-4-3-5-7-11)13(18)16-10(2)14(17)19/h3-7,10,12H,1,8H2,2H3,(H,16,18). The Balaban J connectivity index is 2.38. The number of nitrogens with zero attached hydrogens (tertiary/aromatic N) is 1. The fourth-order valence-corrected chi connectivity index (χ4v) is 2.32. The van der Waals surface area contributed by atoms with E-state index in [0.29, 0.717) is 5.03 Å². The third-order valence-electron chi connectivity index (χ3n) is 3.03. The number of piperazine rings is 1. The van der Waals surface area contributed by atoms with Gasteiger partial charge in [-0.2, -0.15) is 0 Å². The molecule has 19 heavy (non-hydrogen) atoms. The van der Waals surface area contributed by atoms with Crippen LogP contribution in [0.4, 0.5) is 0 Å². The lowest BCUT2D eigenvalue weighted by molar-refractivity contribution is -0.148. The second-order valence-corrected chi connectivity index (χ2v) is 5.06. The van der Waals surface area contributed by atoms with E-state index in [4.69, 9.17) is 11.6 Å². The number of hydrogen-bond donors (Lipinski definition) is 1. The number of rotatable bonds is 3. The molecule has 2 rings (SSSR count). The maximum atomic E-state index is 12.2. The van der Waals surface area contributed by atoms with Gasteiger partial charge in [-0.1, -0.05) is 48.5 Å². The maximum Gasteiger partial charge on any atom is 0.248 e. The van der Waals surface area contributed by atoms with Gasteiger partial charge >= 0.3 is 0 Å². The lowest BCUT2D eigenvalue weighted by Crippen LogP contribution is -2.58. The molecule has 2 unspecified atom stereocenters. The Hall–Kier alpha value is -1.81. The molecule has 0 bridgehead atoms. The van der Waals surface area contributed by atoms with E-state index < -0.39 is 12.1 Å². The molecule has 0 aliphatic carbocycles. The molecule has 0 radical (unpaired) electrons. The summed E-state index contributed by atoms with van der Waals surface area (Å²) in [4.78, 5) is 25.8. The molecule has 1 fully saturated rings. The summed E-state index contributed by atoms with van der Waals surface area (Å²) < 4.78 is 0. The Kier molecular flexibility index (Phi) is 3.90. The van der Waals surface area contributed by atoms with E-state index in [1.807, 2.05) is 30.3 Å². The predicted octanol–water partition coefficient (Wildman–Crippen LogP) is 1.83. The van der Waals surface area contributed by atoms with Crippen molar-refractivity contribution < 1.29 is 9.59 Å². The summed E-state index contributed by atoms with van der Waals surface area (Å²) in [5, 5.41) is 3.01. The monoisotopic (exact) mass is 278 g/mol. The number of carbonyl (C=O) groups excluding carboxylic acids is 2. The van der Waals surface area contributed by atoms with E-state index in [9.17, 15) is 9.59 Å². The first-order chi connectivity index (χ1) is 9.00. The molecule has 4 nitrogen and oxygen atoms in total. The third kappa shape index (κ3) is 2.79. The Bertz CT molecular complexity index is 515. The molecule has 1 aromatic carbocycles. The van der Waals surface area contributed by atoms with E-state index in [-0.39, 0.29) is 18.4 Å². The smallest absolute Gasteiger partial charge is 0.248 e.